The average molecular weight is 502 g/mol. The number of aromatic nitrogens is 5. The van der Waals surface area contributed by atoms with E-state index in [0.29, 0.717) is 29.1 Å². The number of methoxy groups -OCH3 is 1. The predicted molar refractivity (Wildman–Crippen MR) is 135 cm³/mol. The van der Waals surface area contributed by atoms with E-state index in [9.17, 15) is 4.79 Å². The van der Waals surface area contributed by atoms with Crippen LogP contribution >= 0.6 is 0 Å². The number of aryl methyl sites for hydroxylation is 1. The van der Waals surface area contributed by atoms with Crippen LogP contribution in [0.15, 0.2) is 55.1 Å². The summed E-state index contributed by atoms with van der Waals surface area (Å²) in [6.07, 6.45) is 8.41. The van der Waals surface area contributed by atoms with Crippen molar-refractivity contribution in [1.29, 1.82) is 0 Å². The molecular weight excluding hydrogens is 473 g/mol. The topological polar surface area (TPSA) is 92.0 Å². The second-order valence-electron chi connectivity index (χ2n) is 9.53. The minimum atomic E-state index is -0.540. The first-order chi connectivity index (χ1) is 17.8. The summed E-state index contributed by atoms with van der Waals surface area (Å²) in [5.74, 6) is -0.225. The van der Waals surface area contributed by atoms with Gasteiger partial charge in [0, 0.05) is 37.0 Å². The Morgan fingerprint density at radius 2 is 1.86 bits per heavy atom. The van der Waals surface area contributed by atoms with Crippen molar-refractivity contribution < 1.29 is 18.7 Å². The highest BCUT2D eigenvalue weighted by Crippen LogP contribution is 2.49. The second kappa shape index (κ2) is 9.72. The number of hydrogen-bond donors (Lipinski definition) is 0. The minimum absolute atomic E-state index is 0.0208. The quantitative estimate of drug-likeness (QED) is 0.324. The van der Waals surface area contributed by atoms with Gasteiger partial charge in [0.15, 0.2) is 0 Å². The first-order valence-electron chi connectivity index (χ1n) is 12.1. The third-order valence-corrected chi connectivity index (χ3v) is 6.62. The lowest BCUT2D eigenvalue weighted by Gasteiger charge is -2.14. The molecular formula is C28H28FN5O3. The van der Waals surface area contributed by atoms with Crippen LogP contribution in [0.1, 0.15) is 43.6 Å². The minimum Gasteiger partial charge on any atom is -0.474 e. The predicted octanol–water partition coefficient (Wildman–Crippen LogP) is 4.66. The number of benzene rings is 1. The van der Waals surface area contributed by atoms with Crippen molar-refractivity contribution in [2.75, 3.05) is 7.11 Å². The van der Waals surface area contributed by atoms with Crippen LogP contribution in [-0.4, -0.2) is 43.9 Å². The van der Waals surface area contributed by atoms with Crippen LogP contribution in [0.4, 0.5) is 4.39 Å². The van der Waals surface area contributed by atoms with Crippen LogP contribution in [0.5, 0.6) is 5.88 Å². The van der Waals surface area contributed by atoms with E-state index < -0.39 is 11.2 Å². The lowest BCUT2D eigenvalue weighted by molar-refractivity contribution is -0.143. The molecule has 1 aliphatic rings. The molecule has 0 N–H and O–H groups in total. The molecule has 0 atom stereocenters. The molecule has 3 aromatic heterocycles. The highest BCUT2D eigenvalue weighted by atomic mass is 19.1. The number of halogens is 1. The molecule has 0 bridgehead atoms. The normalized spacial score (nSPS) is 14.0. The van der Waals surface area contributed by atoms with E-state index in [2.05, 4.69) is 20.1 Å². The molecule has 4 aromatic rings. The molecule has 3 heterocycles. The Morgan fingerprint density at radius 1 is 1.11 bits per heavy atom. The Labute approximate surface area is 214 Å². The third kappa shape index (κ3) is 4.81. The molecule has 0 amide bonds. The van der Waals surface area contributed by atoms with Gasteiger partial charge >= 0.3 is 5.97 Å². The van der Waals surface area contributed by atoms with Gasteiger partial charge in [-0.2, -0.15) is 5.10 Å². The van der Waals surface area contributed by atoms with Crippen LogP contribution in [0, 0.1) is 5.82 Å². The maximum atomic E-state index is 15.4. The zero-order valence-corrected chi connectivity index (χ0v) is 21.2. The summed E-state index contributed by atoms with van der Waals surface area (Å²) < 4.78 is 27.7. The lowest BCUT2D eigenvalue weighted by atomic mass is 9.94. The molecule has 0 radical (unpaired) electrons. The Balaban J connectivity index is 1.40. The largest absolute Gasteiger partial charge is 0.474 e. The SMILES string of the molecule is COC(=O)C1(c2ccc(-c3cnc(-c4cnn(C)c4Cc4cncc(OC(C)C)n4)c(F)c3)cc2)CC1. The molecule has 8 nitrogen and oxygen atoms in total. The van der Waals surface area contributed by atoms with Crippen LogP contribution < -0.4 is 4.74 Å². The third-order valence-electron chi connectivity index (χ3n) is 6.62. The van der Waals surface area contributed by atoms with Crippen molar-refractivity contribution in [3.05, 3.63) is 77.9 Å². The smallest absolute Gasteiger partial charge is 0.316 e. The number of carbonyl (C=O) groups is 1. The number of pyridine rings is 1. The van der Waals surface area contributed by atoms with Gasteiger partial charge in [-0.25, -0.2) is 9.37 Å². The van der Waals surface area contributed by atoms with Gasteiger partial charge in [0.25, 0.3) is 0 Å². The fraction of sp³-hybridized carbons (Fsp3) is 0.321. The number of carbonyl (C=O) groups excluding carboxylic acids is 1. The number of ether oxygens (including phenoxy) is 2. The maximum absolute atomic E-state index is 15.4. The van der Waals surface area contributed by atoms with Gasteiger partial charge in [0.1, 0.15) is 11.5 Å². The Morgan fingerprint density at radius 3 is 2.51 bits per heavy atom. The lowest BCUT2D eigenvalue weighted by Crippen LogP contribution is -2.21. The molecule has 37 heavy (non-hydrogen) atoms. The second-order valence-corrected chi connectivity index (χ2v) is 9.53. The van der Waals surface area contributed by atoms with Crippen LogP contribution in [-0.2, 0) is 28.4 Å². The van der Waals surface area contributed by atoms with Gasteiger partial charge in [0.05, 0.1) is 42.4 Å². The number of nitrogens with zero attached hydrogens (tertiary/aromatic N) is 5. The van der Waals surface area contributed by atoms with Crippen molar-refractivity contribution in [3.8, 4) is 28.3 Å². The van der Waals surface area contributed by atoms with Crippen molar-refractivity contribution in [1.82, 2.24) is 24.7 Å². The van der Waals surface area contributed by atoms with Gasteiger partial charge in [-0.05, 0) is 43.9 Å². The standard InChI is InChI=1S/C28H28FN5O3/c1-17(2)37-25-16-30-14-21(33-25)12-24-22(15-32-34(24)3)26-23(29)11-19(13-31-26)18-5-7-20(8-6-18)28(9-10-28)27(35)36-4/h5-8,11,13-17H,9-10,12H2,1-4H3. The summed E-state index contributed by atoms with van der Waals surface area (Å²) in [7, 11) is 3.21. The Kier molecular flexibility index (Phi) is 6.45. The molecule has 5 rings (SSSR count). The van der Waals surface area contributed by atoms with Gasteiger partial charge in [-0.3, -0.25) is 19.4 Å². The van der Waals surface area contributed by atoms with Gasteiger partial charge in [-0.1, -0.05) is 24.3 Å². The van der Waals surface area contributed by atoms with Crippen molar-refractivity contribution in [3.63, 3.8) is 0 Å². The maximum Gasteiger partial charge on any atom is 0.316 e. The van der Waals surface area contributed by atoms with E-state index in [1.54, 1.807) is 36.5 Å². The highest BCUT2D eigenvalue weighted by molar-refractivity contribution is 5.86. The van der Waals surface area contributed by atoms with Crippen LogP contribution in [0.25, 0.3) is 22.4 Å². The van der Waals surface area contributed by atoms with E-state index >= 15 is 4.39 Å². The van der Waals surface area contributed by atoms with E-state index in [0.717, 1.165) is 29.7 Å². The summed E-state index contributed by atoms with van der Waals surface area (Å²) in [4.78, 5) is 25.4. The molecule has 190 valence electrons. The van der Waals surface area contributed by atoms with Crippen LogP contribution in [0.3, 0.4) is 0 Å². The van der Waals surface area contributed by atoms with Gasteiger partial charge in [-0.15, -0.1) is 0 Å². The number of esters is 1. The average Bonchev–Trinajstić information content (AvgIpc) is 3.63. The Bertz CT molecular complexity index is 1440. The summed E-state index contributed by atoms with van der Waals surface area (Å²) in [5.41, 5.74) is 4.08. The molecule has 1 aliphatic carbocycles. The molecule has 1 aromatic carbocycles. The van der Waals surface area contributed by atoms with Crippen LogP contribution in [0.2, 0.25) is 0 Å². The van der Waals surface area contributed by atoms with E-state index in [-0.39, 0.29) is 17.8 Å². The fourth-order valence-electron chi connectivity index (χ4n) is 4.52. The highest BCUT2D eigenvalue weighted by Gasteiger charge is 2.52. The zero-order chi connectivity index (χ0) is 26.2. The van der Waals surface area contributed by atoms with E-state index in [1.165, 1.54) is 13.2 Å². The van der Waals surface area contributed by atoms with E-state index in [1.807, 2.05) is 38.1 Å². The van der Waals surface area contributed by atoms with Crippen molar-refractivity contribution >= 4 is 5.97 Å². The summed E-state index contributed by atoms with van der Waals surface area (Å²) in [5, 5.41) is 4.33. The number of hydrogen-bond acceptors (Lipinski definition) is 7. The zero-order valence-electron chi connectivity index (χ0n) is 21.2. The molecule has 0 unspecified atom stereocenters. The summed E-state index contributed by atoms with van der Waals surface area (Å²) >= 11 is 0. The molecule has 0 spiro atoms. The molecule has 9 heteroatoms. The van der Waals surface area contributed by atoms with Gasteiger partial charge < -0.3 is 9.47 Å². The van der Waals surface area contributed by atoms with E-state index in [4.69, 9.17) is 9.47 Å². The first kappa shape index (κ1) is 24.5. The molecule has 1 saturated carbocycles. The molecule has 1 fully saturated rings. The summed E-state index contributed by atoms with van der Waals surface area (Å²) in [6.45, 7) is 3.85. The summed E-state index contributed by atoms with van der Waals surface area (Å²) in [6, 6.07) is 9.05. The fourth-order valence-corrected chi connectivity index (χ4v) is 4.52. The van der Waals surface area contributed by atoms with Crippen molar-refractivity contribution in [2.45, 2.75) is 44.6 Å². The Hall–Kier alpha value is -4.14. The van der Waals surface area contributed by atoms with Crippen molar-refractivity contribution in [2.24, 2.45) is 7.05 Å². The first-order valence-corrected chi connectivity index (χ1v) is 12.1. The number of rotatable bonds is 8. The monoisotopic (exact) mass is 501 g/mol. The molecule has 0 saturated heterocycles. The molecule has 0 aliphatic heterocycles. The van der Waals surface area contributed by atoms with Gasteiger partial charge in [0.2, 0.25) is 5.88 Å².